The van der Waals surface area contributed by atoms with Gasteiger partial charge < -0.3 is 5.32 Å². The first-order chi connectivity index (χ1) is 11.9. The summed E-state index contributed by atoms with van der Waals surface area (Å²) in [5.74, 6) is -0.325. The highest BCUT2D eigenvalue weighted by molar-refractivity contribution is 7.93. The maximum atomic E-state index is 12.9. The molecule has 0 atom stereocenters. The summed E-state index contributed by atoms with van der Waals surface area (Å²) in [6.45, 7) is 0.463. The molecule has 0 aromatic heterocycles. The van der Waals surface area contributed by atoms with Crippen LogP contribution in [0.25, 0.3) is 0 Å². The van der Waals surface area contributed by atoms with Gasteiger partial charge in [0.05, 0.1) is 11.4 Å². The number of nitrogens with zero attached hydrogens (tertiary/aromatic N) is 1. The Morgan fingerprint density at radius 2 is 1.92 bits per heavy atom. The molecule has 1 aliphatic heterocycles. The summed E-state index contributed by atoms with van der Waals surface area (Å²) in [5, 5.41) is 2.78. The van der Waals surface area contributed by atoms with Crippen LogP contribution in [-0.2, 0) is 21.2 Å². The molecule has 1 heterocycles. The first-order valence-electron chi connectivity index (χ1n) is 8.09. The van der Waals surface area contributed by atoms with E-state index in [1.54, 1.807) is 36.4 Å². The zero-order valence-electron chi connectivity index (χ0n) is 13.6. The van der Waals surface area contributed by atoms with Crippen LogP contribution in [0.1, 0.15) is 18.4 Å². The summed E-state index contributed by atoms with van der Waals surface area (Å²) in [6, 6.07) is 12.9. The van der Waals surface area contributed by atoms with Crippen molar-refractivity contribution >= 4 is 27.3 Å². The van der Waals surface area contributed by atoms with Gasteiger partial charge in [-0.3, -0.25) is 9.10 Å². The molecule has 1 N–H and O–H groups in total. The van der Waals surface area contributed by atoms with Crippen LogP contribution in [0.3, 0.4) is 0 Å². The molecule has 0 unspecified atom stereocenters. The predicted molar refractivity (Wildman–Crippen MR) is 95.5 cm³/mol. The number of carbonyl (C=O) groups is 1. The molecule has 1 saturated heterocycles. The molecule has 2 aromatic carbocycles. The van der Waals surface area contributed by atoms with Crippen molar-refractivity contribution in [3.8, 4) is 0 Å². The lowest BCUT2D eigenvalue weighted by atomic mass is 10.1. The summed E-state index contributed by atoms with van der Waals surface area (Å²) >= 11 is 0. The van der Waals surface area contributed by atoms with Crippen LogP contribution in [0.5, 0.6) is 0 Å². The summed E-state index contributed by atoms with van der Waals surface area (Å²) < 4.78 is 38.2. The molecule has 0 saturated carbocycles. The van der Waals surface area contributed by atoms with Crippen molar-refractivity contribution in [2.75, 3.05) is 21.9 Å². The zero-order chi connectivity index (χ0) is 17.9. The van der Waals surface area contributed by atoms with Crippen molar-refractivity contribution in [2.45, 2.75) is 19.3 Å². The third-order valence-electron chi connectivity index (χ3n) is 4.07. The van der Waals surface area contributed by atoms with Gasteiger partial charge in [-0.1, -0.05) is 18.2 Å². The second kappa shape index (κ2) is 7.23. The number of anilines is 2. The van der Waals surface area contributed by atoms with E-state index in [2.05, 4.69) is 5.32 Å². The number of hydrogen-bond acceptors (Lipinski definition) is 3. The van der Waals surface area contributed by atoms with Gasteiger partial charge in [0.2, 0.25) is 15.9 Å². The monoisotopic (exact) mass is 362 g/mol. The Morgan fingerprint density at radius 1 is 1.16 bits per heavy atom. The smallest absolute Gasteiger partial charge is 0.235 e. The van der Waals surface area contributed by atoms with E-state index in [1.807, 2.05) is 0 Å². The number of aryl methyl sites for hydroxylation is 1. The van der Waals surface area contributed by atoms with E-state index >= 15 is 0 Å². The fourth-order valence-corrected chi connectivity index (χ4v) is 4.36. The van der Waals surface area contributed by atoms with Gasteiger partial charge in [-0.05, 0) is 48.7 Å². The lowest BCUT2D eigenvalue weighted by Crippen LogP contribution is -2.25. The molecule has 1 fully saturated rings. The van der Waals surface area contributed by atoms with Crippen LogP contribution in [0.15, 0.2) is 48.5 Å². The molecule has 0 aliphatic carbocycles. The van der Waals surface area contributed by atoms with E-state index in [4.69, 9.17) is 0 Å². The number of amides is 1. The highest BCUT2D eigenvalue weighted by Gasteiger charge is 2.28. The Bertz CT molecular complexity index is 866. The van der Waals surface area contributed by atoms with Crippen molar-refractivity contribution in [1.29, 1.82) is 0 Å². The first-order valence-corrected chi connectivity index (χ1v) is 9.70. The summed E-state index contributed by atoms with van der Waals surface area (Å²) in [5.41, 5.74) is 2.01. The lowest BCUT2D eigenvalue weighted by molar-refractivity contribution is -0.116. The van der Waals surface area contributed by atoms with Gasteiger partial charge in [-0.25, -0.2) is 12.8 Å². The first kappa shape index (κ1) is 17.4. The predicted octanol–water partition coefficient (Wildman–Crippen LogP) is 2.94. The molecule has 2 aromatic rings. The van der Waals surface area contributed by atoms with Crippen molar-refractivity contribution in [1.82, 2.24) is 0 Å². The third kappa shape index (κ3) is 4.36. The minimum atomic E-state index is -3.25. The number of rotatable bonds is 5. The Labute approximate surface area is 146 Å². The van der Waals surface area contributed by atoms with E-state index in [-0.39, 0.29) is 23.9 Å². The molecule has 7 heteroatoms. The SMILES string of the molecule is O=C(CCc1ccc(F)cc1)Nc1cccc(N2CCCS2(=O)=O)c1. The topological polar surface area (TPSA) is 66.5 Å². The third-order valence-corrected chi connectivity index (χ3v) is 5.94. The molecule has 1 aliphatic rings. The summed E-state index contributed by atoms with van der Waals surface area (Å²) in [4.78, 5) is 12.1. The van der Waals surface area contributed by atoms with E-state index in [0.717, 1.165) is 5.56 Å². The van der Waals surface area contributed by atoms with Crippen LogP contribution in [0.4, 0.5) is 15.8 Å². The zero-order valence-corrected chi connectivity index (χ0v) is 14.4. The van der Waals surface area contributed by atoms with E-state index < -0.39 is 10.0 Å². The van der Waals surface area contributed by atoms with Gasteiger partial charge >= 0.3 is 0 Å². The minimum absolute atomic E-state index is 0.154. The highest BCUT2D eigenvalue weighted by Crippen LogP contribution is 2.26. The Hall–Kier alpha value is -2.41. The molecule has 0 radical (unpaired) electrons. The van der Waals surface area contributed by atoms with Crippen LogP contribution in [0.2, 0.25) is 0 Å². The standard InChI is InChI=1S/C18H19FN2O3S/c19-15-8-5-14(6-9-15)7-10-18(22)20-16-3-1-4-17(13-16)21-11-2-12-25(21,23)24/h1,3-6,8-9,13H,2,7,10-12H2,(H,20,22). The molecular formula is C18H19FN2O3S. The summed E-state index contributed by atoms with van der Waals surface area (Å²) in [6.07, 6.45) is 1.38. The normalized spacial score (nSPS) is 16.0. The number of nitrogens with one attached hydrogen (secondary N) is 1. The van der Waals surface area contributed by atoms with E-state index in [1.165, 1.54) is 16.4 Å². The van der Waals surface area contributed by atoms with Crippen molar-refractivity contribution in [3.05, 3.63) is 59.9 Å². The Balaban J connectivity index is 1.62. The van der Waals surface area contributed by atoms with Gasteiger partial charge in [0.1, 0.15) is 5.82 Å². The molecule has 132 valence electrons. The molecule has 0 bridgehead atoms. The van der Waals surface area contributed by atoms with Crippen LogP contribution in [-0.4, -0.2) is 26.6 Å². The van der Waals surface area contributed by atoms with Crippen molar-refractivity contribution in [3.63, 3.8) is 0 Å². The van der Waals surface area contributed by atoms with Crippen molar-refractivity contribution < 1.29 is 17.6 Å². The highest BCUT2D eigenvalue weighted by atomic mass is 32.2. The molecule has 25 heavy (non-hydrogen) atoms. The molecule has 3 rings (SSSR count). The lowest BCUT2D eigenvalue weighted by Gasteiger charge is -2.17. The second-order valence-electron chi connectivity index (χ2n) is 5.97. The number of halogens is 1. The number of carbonyl (C=O) groups excluding carboxylic acids is 1. The van der Waals surface area contributed by atoms with Gasteiger partial charge in [0.15, 0.2) is 0 Å². The molecule has 5 nitrogen and oxygen atoms in total. The fraction of sp³-hybridized carbons (Fsp3) is 0.278. The number of hydrogen-bond donors (Lipinski definition) is 1. The van der Waals surface area contributed by atoms with Gasteiger partial charge in [-0.15, -0.1) is 0 Å². The van der Waals surface area contributed by atoms with Gasteiger partial charge in [0.25, 0.3) is 0 Å². The molecular weight excluding hydrogens is 343 g/mol. The number of benzene rings is 2. The molecule has 1 amide bonds. The maximum Gasteiger partial charge on any atom is 0.235 e. The van der Waals surface area contributed by atoms with Gasteiger partial charge in [0, 0.05) is 18.7 Å². The van der Waals surface area contributed by atoms with E-state index in [0.29, 0.717) is 30.8 Å². The van der Waals surface area contributed by atoms with Crippen LogP contribution in [0, 0.1) is 5.82 Å². The van der Waals surface area contributed by atoms with Crippen molar-refractivity contribution in [2.24, 2.45) is 0 Å². The van der Waals surface area contributed by atoms with E-state index in [9.17, 15) is 17.6 Å². The van der Waals surface area contributed by atoms with Crippen LogP contribution >= 0.6 is 0 Å². The van der Waals surface area contributed by atoms with Gasteiger partial charge in [-0.2, -0.15) is 0 Å². The second-order valence-corrected chi connectivity index (χ2v) is 7.98. The quantitative estimate of drug-likeness (QED) is 0.889. The average Bonchev–Trinajstić information content (AvgIpc) is 2.94. The Kier molecular flexibility index (Phi) is 5.03. The largest absolute Gasteiger partial charge is 0.326 e. The minimum Gasteiger partial charge on any atom is -0.326 e. The van der Waals surface area contributed by atoms with Crippen LogP contribution < -0.4 is 9.62 Å². The average molecular weight is 362 g/mol. The Morgan fingerprint density at radius 3 is 2.60 bits per heavy atom. The summed E-state index contributed by atoms with van der Waals surface area (Å²) in [7, 11) is -3.25. The maximum absolute atomic E-state index is 12.9. The molecule has 0 spiro atoms. The number of sulfonamides is 1. The fourth-order valence-electron chi connectivity index (χ4n) is 2.80.